The van der Waals surface area contributed by atoms with Gasteiger partial charge < -0.3 is 65.0 Å². The van der Waals surface area contributed by atoms with Gasteiger partial charge in [0.05, 0.1) is 31.2 Å². The van der Waals surface area contributed by atoms with Crippen molar-refractivity contribution in [3.8, 4) is 0 Å². The highest BCUT2D eigenvalue weighted by Crippen LogP contribution is 2.38. The van der Waals surface area contributed by atoms with Crippen LogP contribution in [0.1, 0.15) is 141 Å². The third-order valence-corrected chi connectivity index (χ3v) is 20.6. The molecule has 1 spiro atoms. The number of aliphatic carboxylic acids is 1. The molecule has 104 heavy (non-hydrogen) atoms. The van der Waals surface area contributed by atoms with Gasteiger partial charge in [-0.15, -0.1) is 0 Å². The second kappa shape index (κ2) is 35.8. The van der Waals surface area contributed by atoms with E-state index in [1.165, 1.54) is 28.2 Å². The van der Waals surface area contributed by atoms with Crippen molar-refractivity contribution in [2.45, 2.75) is 204 Å². The SMILES string of the molecule is CCO[C@@H]1C[C@H]2C(=O)NC3(CCC3)C(=O)N(C)[C@@H](C(CC)CC)C(=O)N(C)[C@H](C(=O)O)CC(=O)N(C)[C@H](CC)C(=O)N[C@@H]([C@@H](C)CC)C(=O)N(C)CC(=O)N(C)[C@H]3C/C=C\CCN(C3=O)[C@@H](Cc3ccc(C(F)(F)F)cc3)C(=O)N(C)CC(=O)N[C@@H](CCc3cc(F)c(C(F)(F)F)c(F)c3)C(=O)N2C1. The molecule has 3 aliphatic heterocycles. The Morgan fingerprint density at radius 2 is 1.28 bits per heavy atom. The second-order valence-corrected chi connectivity index (χ2v) is 27.4. The third-order valence-electron chi connectivity index (χ3n) is 20.6. The van der Waals surface area contributed by atoms with E-state index in [2.05, 4.69) is 16.0 Å². The number of likely N-dealkylation sites (N-methyl/N-ethyl adjacent to an activating group) is 6. The zero-order valence-corrected chi connectivity index (χ0v) is 60.8. The fourth-order valence-electron chi connectivity index (χ4n) is 14.0. The van der Waals surface area contributed by atoms with E-state index < -0.39 is 222 Å². The molecule has 0 aromatic heterocycles. The van der Waals surface area contributed by atoms with Gasteiger partial charge in [-0.2, -0.15) is 26.3 Å². The molecule has 6 rings (SSSR count). The van der Waals surface area contributed by atoms with E-state index in [1.807, 2.05) is 0 Å². The molecule has 2 aromatic rings. The van der Waals surface area contributed by atoms with Gasteiger partial charge in [-0.25, -0.2) is 13.6 Å². The van der Waals surface area contributed by atoms with Crippen LogP contribution in [-0.2, 0) is 87.5 Å². The Morgan fingerprint density at radius 3 is 1.82 bits per heavy atom. The number of carbonyl (C=O) groups is 12. The first kappa shape index (κ1) is 84.2. The molecule has 576 valence electrons. The number of fused-ring (bicyclic) bond motifs is 3. The number of carboxylic acids is 1. The number of ether oxygens (including phenoxy) is 1. The number of aryl methyl sites for hydroxylation is 1. The average molecular weight is 1480 g/mol. The Kier molecular flexibility index (Phi) is 29.0. The van der Waals surface area contributed by atoms with Crippen LogP contribution in [0.4, 0.5) is 35.1 Å². The normalized spacial score (nSPS) is 25.7. The summed E-state index contributed by atoms with van der Waals surface area (Å²) in [6, 6.07) is -8.07. The van der Waals surface area contributed by atoms with E-state index in [0.717, 1.165) is 77.6 Å². The van der Waals surface area contributed by atoms with Crippen molar-refractivity contribution < 1.29 is 103 Å². The van der Waals surface area contributed by atoms with E-state index in [-0.39, 0.29) is 76.6 Å². The fourth-order valence-corrected chi connectivity index (χ4v) is 14.0. The molecule has 3 heterocycles. The highest BCUT2D eigenvalue weighted by atomic mass is 19.4. The lowest BCUT2D eigenvalue weighted by Crippen LogP contribution is -2.68. The van der Waals surface area contributed by atoms with Crippen LogP contribution in [0.5, 0.6) is 0 Å². The number of amides is 11. The molecule has 3 fully saturated rings. The monoisotopic (exact) mass is 1480 g/mol. The zero-order chi connectivity index (χ0) is 77.8. The van der Waals surface area contributed by atoms with Crippen molar-refractivity contribution in [2.24, 2.45) is 11.8 Å². The Balaban J connectivity index is 1.49. The minimum Gasteiger partial charge on any atom is -0.480 e. The average Bonchev–Trinajstić information content (AvgIpc) is 1.16. The maximum atomic E-state index is 15.4. The number of carboxylic acid groups (broad SMARTS) is 1. The number of nitrogens with zero attached hydrogens (tertiary/aromatic N) is 8. The number of alkyl halides is 6. The summed E-state index contributed by atoms with van der Waals surface area (Å²) in [6.45, 7) is 7.76. The Bertz CT molecular complexity index is 3490. The van der Waals surface area contributed by atoms with Gasteiger partial charge >= 0.3 is 18.3 Å². The highest BCUT2D eigenvalue weighted by Gasteiger charge is 2.53. The molecule has 25 nitrogen and oxygen atoms in total. The summed E-state index contributed by atoms with van der Waals surface area (Å²) in [6.07, 6.45) is -9.83. The minimum absolute atomic E-state index is 0.0124. The summed E-state index contributed by atoms with van der Waals surface area (Å²) >= 11 is 0. The first-order valence-corrected chi connectivity index (χ1v) is 35.0. The van der Waals surface area contributed by atoms with Crippen molar-refractivity contribution in [3.63, 3.8) is 0 Å². The van der Waals surface area contributed by atoms with E-state index in [4.69, 9.17) is 4.74 Å². The highest BCUT2D eigenvalue weighted by molar-refractivity contribution is 6.01. The molecule has 0 unspecified atom stereocenters. The van der Waals surface area contributed by atoms with E-state index in [0.29, 0.717) is 25.0 Å². The summed E-state index contributed by atoms with van der Waals surface area (Å²) < 4.78 is 119. The van der Waals surface area contributed by atoms with Gasteiger partial charge in [0.1, 0.15) is 71.1 Å². The van der Waals surface area contributed by atoms with Crippen molar-refractivity contribution in [1.29, 1.82) is 0 Å². The summed E-state index contributed by atoms with van der Waals surface area (Å²) in [5.74, 6) is -17.0. The summed E-state index contributed by atoms with van der Waals surface area (Å²) in [7, 11) is 7.34. The Hall–Kier alpha value is -8.78. The van der Waals surface area contributed by atoms with Crippen LogP contribution in [0.15, 0.2) is 48.6 Å². The first-order chi connectivity index (χ1) is 48.7. The molecule has 4 N–H and O–H groups in total. The maximum Gasteiger partial charge on any atom is 0.422 e. The van der Waals surface area contributed by atoms with Crippen LogP contribution < -0.4 is 16.0 Å². The minimum atomic E-state index is -5.47. The summed E-state index contributed by atoms with van der Waals surface area (Å²) in [4.78, 5) is 185. The number of halogens is 8. The van der Waals surface area contributed by atoms with Gasteiger partial charge in [-0.05, 0) is 106 Å². The van der Waals surface area contributed by atoms with Crippen LogP contribution in [0, 0.1) is 23.5 Å². The molecule has 2 aromatic carbocycles. The third kappa shape index (κ3) is 19.8. The molecule has 1 aliphatic carbocycles. The standard InChI is InChI=1S/C71H97F8N11O14/c1-13-40(6)58-65(99)84(8)39-56(93)86(10)50-22-19-18-20-31-89(64(50)98)52(34-41-23-26-44(27-24-41)70(74,75)76)63(97)83(7)38-54(91)80-48(28-25-42-32-46(72)57(47(73)33-42)71(77,78)79)62(96)90-37-45(104-17-5)35-51(90)61(95)82-69(29-21-30-69)68(103)88(12)59(43(14-2)15-3)66(100)87(11)53(67(101)102)36-55(92)85(9)49(16-4)60(94)81-58/h18-19,23-24,26-27,32-33,40,43,45,48-53,58-59H,13-17,20-22,25,28-31,34-39H2,1-12H3,(H,80,91)(H,81,94)(H,82,95)(H,101,102)/b19-18-/t40-,45+,48-,49+,50-,51-,52-,53-,58-,59-/m0/s1. The summed E-state index contributed by atoms with van der Waals surface area (Å²) in [5.41, 5.74) is -5.34. The zero-order valence-electron chi connectivity index (χ0n) is 60.8. The van der Waals surface area contributed by atoms with Gasteiger partial charge in [-0.1, -0.05) is 78.2 Å². The van der Waals surface area contributed by atoms with Gasteiger partial charge in [0.15, 0.2) is 0 Å². The molecule has 10 atom stereocenters. The van der Waals surface area contributed by atoms with Crippen LogP contribution >= 0.6 is 0 Å². The fraction of sp³-hybridized carbons (Fsp3) is 0.634. The van der Waals surface area contributed by atoms with Crippen molar-refractivity contribution in [3.05, 3.63) is 82.4 Å². The number of carbonyl (C=O) groups excluding carboxylic acids is 11. The van der Waals surface area contributed by atoms with Crippen LogP contribution in [-0.4, -0.2) is 250 Å². The van der Waals surface area contributed by atoms with Gasteiger partial charge in [0, 0.05) is 74.8 Å². The van der Waals surface area contributed by atoms with E-state index in [9.17, 15) is 60.2 Å². The second-order valence-electron chi connectivity index (χ2n) is 27.4. The van der Waals surface area contributed by atoms with Crippen molar-refractivity contribution in [1.82, 2.24) is 55.1 Å². The van der Waals surface area contributed by atoms with E-state index >= 15 is 37.5 Å². The Labute approximate surface area is 599 Å². The predicted molar refractivity (Wildman–Crippen MR) is 360 cm³/mol. The van der Waals surface area contributed by atoms with Crippen LogP contribution in [0.3, 0.4) is 0 Å². The smallest absolute Gasteiger partial charge is 0.422 e. The van der Waals surface area contributed by atoms with Crippen molar-refractivity contribution in [2.75, 3.05) is 75.1 Å². The molecule has 1 saturated carbocycles. The largest absolute Gasteiger partial charge is 0.480 e. The molecule has 33 heteroatoms. The topological polar surface area (TPSA) is 296 Å². The van der Waals surface area contributed by atoms with Gasteiger partial charge in [0.2, 0.25) is 65.0 Å². The molecule has 0 radical (unpaired) electrons. The molecule has 11 amide bonds. The van der Waals surface area contributed by atoms with Crippen LogP contribution in [0.2, 0.25) is 0 Å². The summed E-state index contributed by atoms with van der Waals surface area (Å²) in [5, 5.41) is 18.8. The molecule has 2 bridgehead atoms. The number of nitrogens with one attached hydrogen (secondary N) is 3. The number of rotatable bonds is 14. The number of benzene rings is 2. The quantitative estimate of drug-likeness (QED) is 0.137. The molecular formula is C71H97F8N11O14. The molecular weight excluding hydrogens is 1380 g/mol. The van der Waals surface area contributed by atoms with Gasteiger partial charge in [-0.3, -0.25) is 52.7 Å². The number of hydrogen-bond acceptors (Lipinski definition) is 13. The maximum absolute atomic E-state index is 15.4. The lowest BCUT2D eigenvalue weighted by molar-refractivity contribution is -0.159. The van der Waals surface area contributed by atoms with E-state index in [1.54, 1.807) is 53.7 Å². The lowest BCUT2D eigenvalue weighted by atomic mass is 9.74. The Morgan fingerprint density at radius 1 is 0.663 bits per heavy atom. The lowest BCUT2D eigenvalue weighted by Gasteiger charge is -2.47. The van der Waals surface area contributed by atoms with Crippen LogP contribution in [0.25, 0.3) is 0 Å². The predicted octanol–water partition coefficient (Wildman–Crippen LogP) is 5.34. The first-order valence-electron chi connectivity index (χ1n) is 35.0. The molecule has 4 aliphatic rings. The number of hydrogen-bond donors (Lipinski definition) is 4. The van der Waals surface area contributed by atoms with Gasteiger partial charge in [0.25, 0.3) is 0 Å². The van der Waals surface area contributed by atoms with Crippen molar-refractivity contribution >= 4 is 70.9 Å². The molecule has 2 saturated heterocycles.